The van der Waals surface area contributed by atoms with Crippen molar-refractivity contribution in [1.82, 2.24) is 15.4 Å². The Labute approximate surface area is 122 Å². The van der Waals surface area contributed by atoms with Gasteiger partial charge in [0.05, 0.1) is 5.69 Å². The number of H-pyrrole nitrogens is 1. The van der Waals surface area contributed by atoms with Crippen molar-refractivity contribution in [1.29, 1.82) is 0 Å². The number of fused-ring (bicyclic) bond motifs is 1. The molecule has 0 aliphatic rings. The summed E-state index contributed by atoms with van der Waals surface area (Å²) in [6, 6.07) is 13.8. The number of aromatic amines is 1. The van der Waals surface area contributed by atoms with Gasteiger partial charge >= 0.3 is 0 Å². The fourth-order valence-corrected chi connectivity index (χ4v) is 2.19. The van der Waals surface area contributed by atoms with Gasteiger partial charge in [-0.15, -0.1) is 0 Å². The predicted octanol–water partition coefficient (Wildman–Crippen LogP) is 2.84. The van der Waals surface area contributed by atoms with E-state index in [9.17, 15) is 4.79 Å². The highest BCUT2D eigenvalue weighted by Gasteiger charge is 2.08. The molecule has 0 spiro atoms. The number of anilines is 1. The molecule has 5 heteroatoms. The van der Waals surface area contributed by atoms with E-state index in [1.165, 1.54) is 5.56 Å². The molecule has 1 amide bonds. The zero-order valence-electron chi connectivity index (χ0n) is 11.8. The van der Waals surface area contributed by atoms with Crippen LogP contribution in [0.1, 0.15) is 17.5 Å². The van der Waals surface area contributed by atoms with Crippen LogP contribution in [-0.2, 0) is 11.2 Å². The number of benzene rings is 2. The summed E-state index contributed by atoms with van der Waals surface area (Å²) in [5, 5.41) is 13.5. The summed E-state index contributed by atoms with van der Waals surface area (Å²) < 4.78 is 0. The fraction of sp³-hybridized carbons (Fsp3) is 0.188. The number of hydrogen-bond donors (Lipinski definition) is 2. The number of rotatable bonds is 4. The van der Waals surface area contributed by atoms with E-state index in [0.29, 0.717) is 17.6 Å². The van der Waals surface area contributed by atoms with Crippen LogP contribution in [-0.4, -0.2) is 21.3 Å². The number of nitrogens with zero attached hydrogens (tertiary/aromatic N) is 2. The zero-order chi connectivity index (χ0) is 14.7. The summed E-state index contributed by atoms with van der Waals surface area (Å²) in [6.07, 6.45) is 1.16. The normalized spacial score (nSPS) is 10.7. The molecule has 0 unspecified atom stereocenters. The van der Waals surface area contributed by atoms with E-state index in [4.69, 9.17) is 0 Å². The van der Waals surface area contributed by atoms with Gasteiger partial charge in [-0.05, 0) is 31.0 Å². The molecule has 106 valence electrons. The van der Waals surface area contributed by atoms with Crippen LogP contribution in [0.2, 0.25) is 0 Å². The van der Waals surface area contributed by atoms with Crippen LogP contribution in [0.3, 0.4) is 0 Å². The van der Waals surface area contributed by atoms with Gasteiger partial charge in [-0.25, -0.2) is 0 Å². The monoisotopic (exact) mass is 280 g/mol. The van der Waals surface area contributed by atoms with Crippen molar-refractivity contribution < 1.29 is 4.79 Å². The first-order valence-electron chi connectivity index (χ1n) is 6.87. The molecule has 1 heterocycles. The number of aryl methyl sites for hydroxylation is 2. The molecule has 3 aromatic rings. The molecule has 1 aromatic heterocycles. The average molecular weight is 280 g/mol. The summed E-state index contributed by atoms with van der Waals surface area (Å²) in [5.41, 5.74) is 4.50. The number of aromatic nitrogens is 3. The van der Waals surface area contributed by atoms with Gasteiger partial charge in [-0.2, -0.15) is 15.4 Å². The summed E-state index contributed by atoms with van der Waals surface area (Å²) in [7, 11) is 0. The second-order valence-corrected chi connectivity index (χ2v) is 5.03. The Morgan fingerprint density at radius 1 is 1.14 bits per heavy atom. The molecular weight excluding hydrogens is 264 g/mol. The Kier molecular flexibility index (Phi) is 3.64. The van der Waals surface area contributed by atoms with Crippen LogP contribution < -0.4 is 5.32 Å². The van der Waals surface area contributed by atoms with Crippen molar-refractivity contribution in [2.45, 2.75) is 19.8 Å². The lowest BCUT2D eigenvalue weighted by Crippen LogP contribution is -2.12. The van der Waals surface area contributed by atoms with Crippen molar-refractivity contribution in [2.24, 2.45) is 0 Å². The van der Waals surface area contributed by atoms with Gasteiger partial charge in [0.15, 0.2) is 0 Å². The molecule has 5 nitrogen and oxygen atoms in total. The molecular formula is C16H16N4O. The maximum atomic E-state index is 12.0. The summed E-state index contributed by atoms with van der Waals surface area (Å²) >= 11 is 0. The van der Waals surface area contributed by atoms with Crippen LogP contribution in [0.15, 0.2) is 42.5 Å². The van der Waals surface area contributed by atoms with Crippen LogP contribution in [0.5, 0.6) is 0 Å². The zero-order valence-corrected chi connectivity index (χ0v) is 11.8. The molecule has 0 fully saturated rings. The quantitative estimate of drug-likeness (QED) is 0.772. The number of carbonyl (C=O) groups is 1. The standard InChI is InChI=1S/C16H16N4O/c1-11-5-7-12(8-6-11)9-10-15(21)17-13-3-2-4-14-16(13)19-20-18-14/h2-8H,9-10H2,1H3,(H,17,21)(H,18,19,20). The maximum absolute atomic E-state index is 12.0. The minimum atomic E-state index is -0.0222. The third-order valence-electron chi connectivity index (χ3n) is 3.38. The first kappa shape index (κ1) is 13.3. The highest BCUT2D eigenvalue weighted by Crippen LogP contribution is 2.19. The van der Waals surface area contributed by atoms with Crippen LogP contribution in [0.25, 0.3) is 11.0 Å². The minimum Gasteiger partial charge on any atom is -0.324 e. The Morgan fingerprint density at radius 3 is 2.76 bits per heavy atom. The smallest absolute Gasteiger partial charge is 0.224 e. The topological polar surface area (TPSA) is 70.7 Å². The maximum Gasteiger partial charge on any atom is 0.224 e. The second-order valence-electron chi connectivity index (χ2n) is 5.03. The molecule has 0 saturated heterocycles. The Bertz CT molecular complexity index is 761. The molecule has 0 radical (unpaired) electrons. The summed E-state index contributed by atoms with van der Waals surface area (Å²) in [4.78, 5) is 12.0. The third-order valence-corrected chi connectivity index (χ3v) is 3.38. The number of para-hydroxylation sites is 1. The molecule has 3 rings (SSSR count). The largest absolute Gasteiger partial charge is 0.324 e. The van der Waals surface area contributed by atoms with Gasteiger partial charge in [-0.3, -0.25) is 4.79 Å². The summed E-state index contributed by atoms with van der Waals surface area (Å²) in [5.74, 6) is -0.0222. The molecule has 0 aliphatic heterocycles. The van der Waals surface area contributed by atoms with E-state index in [0.717, 1.165) is 17.5 Å². The lowest BCUT2D eigenvalue weighted by molar-refractivity contribution is -0.116. The number of nitrogens with one attached hydrogen (secondary N) is 2. The van der Waals surface area contributed by atoms with Gasteiger partial charge < -0.3 is 5.32 Å². The average Bonchev–Trinajstić information content (AvgIpc) is 2.96. The number of hydrogen-bond acceptors (Lipinski definition) is 3. The third kappa shape index (κ3) is 3.08. The van der Waals surface area contributed by atoms with Gasteiger partial charge in [0.2, 0.25) is 5.91 Å². The van der Waals surface area contributed by atoms with Crippen molar-refractivity contribution in [3.05, 3.63) is 53.6 Å². The van der Waals surface area contributed by atoms with E-state index >= 15 is 0 Å². The van der Waals surface area contributed by atoms with Crippen LogP contribution in [0, 0.1) is 6.92 Å². The number of amides is 1. The number of carbonyl (C=O) groups excluding carboxylic acids is 1. The highest BCUT2D eigenvalue weighted by molar-refractivity contribution is 5.99. The second kappa shape index (κ2) is 5.75. The predicted molar refractivity (Wildman–Crippen MR) is 82.0 cm³/mol. The first-order chi connectivity index (χ1) is 10.2. The molecule has 2 aromatic carbocycles. The molecule has 0 saturated carbocycles. The minimum absolute atomic E-state index is 0.0222. The fourth-order valence-electron chi connectivity index (χ4n) is 2.19. The van der Waals surface area contributed by atoms with E-state index in [-0.39, 0.29) is 5.91 Å². The van der Waals surface area contributed by atoms with E-state index in [1.54, 1.807) is 0 Å². The Morgan fingerprint density at radius 2 is 1.95 bits per heavy atom. The Hall–Kier alpha value is -2.69. The lowest BCUT2D eigenvalue weighted by Gasteiger charge is -2.06. The van der Waals surface area contributed by atoms with Crippen molar-refractivity contribution >= 4 is 22.6 Å². The van der Waals surface area contributed by atoms with Gasteiger partial charge in [0, 0.05) is 6.42 Å². The molecule has 0 bridgehead atoms. The van der Waals surface area contributed by atoms with Gasteiger partial charge in [0.1, 0.15) is 11.0 Å². The SMILES string of the molecule is Cc1ccc(CCC(=O)Nc2cccc3n[nH]nc23)cc1. The van der Waals surface area contributed by atoms with Gasteiger partial charge in [0.25, 0.3) is 0 Å². The van der Waals surface area contributed by atoms with Crippen molar-refractivity contribution in [2.75, 3.05) is 5.32 Å². The van der Waals surface area contributed by atoms with E-state index in [2.05, 4.69) is 51.9 Å². The molecule has 0 atom stereocenters. The summed E-state index contributed by atoms with van der Waals surface area (Å²) in [6.45, 7) is 2.05. The van der Waals surface area contributed by atoms with Crippen molar-refractivity contribution in [3.8, 4) is 0 Å². The lowest BCUT2D eigenvalue weighted by atomic mass is 10.1. The first-order valence-corrected chi connectivity index (χ1v) is 6.87. The Balaban J connectivity index is 1.64. The van der Waals surface area contributed by atoms with Crippen LogP contribution >= 0.6 is 0 Å². The molecule has 2 N–H and O–H groups in total. The van der Waals surface area contributed by atoms with E-state index < -0.39 is 0 Å². The van der Waals surface area contributed by atoms with Crippen LogP contribution in [0.4, 0.5) is 5.69 Å². The highest BCUT2D eigenvalue weighted by atomic mass is 16.1. The van der Waals surface area contributed by atoms with E-state index in [1.807, 2.05) is 18.2 Å². The molecule has 21 heavy (non-hydrogen) atoms. The van der Waals surface area contributed by atoms with Gasteiger partial charge in [-0.1, -0.05) is 35.9 Å². The molecule has 0 aliphatic carbocycles. The van der Waals surface area contributed by atoms with Crippen molar-refractivity contribution in [3.63, 3.8) is 0 Å².